The van der Waals surface area contributed by atoms with Crippen LogP contribution >= 0.6 is 0 Å². The minimum atomic E-state index is -0.883. The molecule has 2 N–H and O–H groups in total. The normalized spacial score (nSPS) is 26.9. The molecule has 1 aliphatic heterocycles. The van der Waals surface area contributed by atoms with Crippen LogP contribution in [0.4, 0.5) is 0 Å². The number of carbonyl (C=O) groups excluding carboxylic acids is 1. The van der Waals surface area contributed by atoms with E-state index < -0.39 is 5.54 Å². The maximum atomic E-state index is 11.6. The fraction of sp³-hybridized carbons (Fsp3) is 0.933. The molecule has 0 aromatic heterocycles. The summed E-state index contributed by atoms with van der Waals surface area (Å²) in [5, 5.41) is 0. The zero-order valence-electron chi connectivity index (χ0n) is 12.4. The lowest BCUT2D eigenvalue weighted by Crippen LogP contribution is -2.56. The molecule has 0 aromatic carbocycles. The van der Waals surface area contributed by atoms with E-state index in [-0.39, 0.29) is 5.97 Å². The fourth-order valence-corrected chi connectivity index (χ4v) is 3.75. The average Bonchev–Trinajstić information content (AvgIpc) is 2.41. The van der Waals surface area contributed by atoms with Gasteiger partial charge in [0.15, 0.2) is 0 Å². The van der Waals surface area contributed by atoms with Crippen LogP contribution in [0.1, 0.15) is 51.9 Å². The van der Waals surface area contributed by atoms with Gasteiger partial charge in [0.1, 0.15) is 5.54 Å². The highest BCUT2D eigenvalue weighted by atomic mass is 16.5. The van der Waals surface area contributed by atoms with Crippen LogP contribution in [0.3, 0.4) is 0 Å². The lowest BCUT2D eigenvalue weighted by atomic mass is 9.68. The predicted octanol–water partition coefficient (Wildman–Crippen LogP) is 1.92. The van der Waals surface area contributed by atoms with Crippen molar-refractivity contribution in [3.8, 4) is 0 Å². The van der Waals surface area contributed by atoms with E-state index in [4.69, 9.17) is 10.5 Å². The number of esters is 1. The molecule has 4 nitrogen and oxygen atoms in total. The number of hydrogen-bond acceptors (Lipinski definition) is 4. The number of carbonyl (C=O) groups is 1. The van der Waals surface area contributed by atoms with Crippen molar-refractivity contribution in [2.24, 2.45) is 11.1 Å². The number of methoxy groups -OCH3 is 1. The van der Waals surface area contributed by atoms with Crippen LogP contribution in [0.2, 0.25) is 0 Å². The summed E-state index contributed by atoms with van der Waals surface area (Å²) in [6, 6.07) is 0. The summed E-state index contributed by atoms with van der Waals surface area (Å²) in [4.78, 5) is 14.0. The molecule has 0 amide bonds. The molecule has 110 valence electrons. The predicted molar refractivity (Wildman–Crippen MR) is 75.8 cm³/mol. The standard InChI is InChI=1S/C15H28N2O2/c1-14(16,13(18)19-2)12-17-10-8-15(9-11-17)6-4-3-5-7-15/h3-12,16H2,1-2H3. The fourth-order valence-electron chi connectivity index (χ4n) is 3.75. The van der Waals surface area contributed by atoms with Gasteiger partial charge in [0.2, 0.25) is 0 Å². The van der Waals surface area contributed by atoms with Crippen LogP contribution in [0.15, 0.2) is 0 Å². The number of piperidine rings is 1. The Morgan fingerprint density at radius 3 is 2.32 bits per heavy atom. The third-order valence-electron chi connectivity index (χ3n) is 5.03. The molecule has 2 aliphatic rings. The third-order valence-corrected chi connectivity index (χ3v) is 5.03. The Morgan fingerprint density at radius 1 is 1.21 bits per heavy atom. The maximum absolute atomic E-state index is 11.6. The van der Waals surface area contributed by atoms with Gasteiger partial charge >= 0.3 is 5.97 Å². The summed E-state index contributed by atoms with van der Waals surface area (Å²) in [6.07, 6.45) is 9.55. The molecule has 0 aromatic rings. The Morgan fingerprint density at radius 2 is 1.79 bits per heavy atom. The zero-order valence-corrected chi connectivity index (χ0v) is 12.4. The first-order chi connectivity index (χ1) is 8.97. The molecular formula is C15H28N2O2. The van der Waals surface area contributed by atoms with Crippen LogP contribution in [0.5, 0.6) is 0 Å². The second-order valence-corrected chi connectivity index (χ2v) is 6.75. The molecule has 1 saturated carbocycles. The van der Waals surface area contributed by atoms with Crippen LogP contribution in [0, 0.1) is 5.41 Å². The van der Waals surface area contributed by atoms with Crippen LogP contribution < -0.4 is 5.73 Å². The number of nitrogens with two attached hydrogens (primary N) is 1. The largest absolute Gasteiger partial charge is 0.468 e. The van der Waals surface area contributed by atoms with Crippen LogP contribution in [-0.4, -0.2) is 43.2 Å². The summed E-state index contributed by atoms with van der Waals surface area (Å²) in [6.45, 7) is 4.52. The van der Waals surface area contributed by atoms with Gasteiger partial charge in [0.25, 0.3) is 0 Å². The highest BCUT2D eigenvalue weighted by molar-refractivity contribution is 5.80. The van der Waals surface area contributed by atoms with Crippen molar-refractivity contribution in [1.82, 2.24) is 4.90 Å². The molecule has 0 radical (unpaired) electrons. The summed E-state index contributed by atoms with van der Waals surface area (Å²) in [7, 11) is 1.40. The quantitative estimate of drug-likeness (QED) is 0.795. The van der Waals surface area contributed by atoms with E-state index in [1.165, 1.54) is 52.1 Å². The van der Waals surface area contributed by atoms with Gasteiger partial charge in [-0.25, -0.2) is 0 Å². The van der Waals surface area contributed by atoms with Crippen molar-refractivity contribution in [3.63, 3.8) is 0 Å². The number of likely N-dealkylation sites (tertiary alicyclic amines) is 1. The van der Waals surface area contributed by atoms with Crippen molar-refractivity contribution in [1.29, 1.82) is 0 Å². The Bertz CT molecular complexity index is 312. The summed E-state index contributed by atoms with van der Waals surface area (Å²) < 4.78 is 4.78. The first-order valence-electron chi connectivity index (χ1n) is 7.57. The number of ether oxygens (including phenoxy) is 1. The maximum Gasteiger partial charge on any atom is 0.326 e. The number of hydrogen-bond donors (Lipinski definition) is 1. The summed E-state index contributed by atoms with van der Waals surface area (Å²) in [5.74, 6) is -0.314. The molecule has 1 aliphatic carbocycles. The molecule has 2 rings (SSSR count). The van der Waals surface area contributed by atoms with Crippen molar-refractivity contribution < 1.29 is 9.53 Å². The van der Waals surface area contributed by atoms with Gasteiger partial charge in [-0.05, 0) is 51.1 Å². The Kier molecular flexibility index (Phi) is 4.51. The third kappa shape index (κ3) is 3.48. The molecule has 2 fully saturated rings. The topological polar surface area (TPSA) is 55.6 Å². The van der Waals surface area contributed by atoms with E-state index in [2.05, 4.69) is 4.90 Å². The van der Waals surface area contributed by atoms with E-state index in [1.54, 1.807) is 6.92 Å². The molecular weight excluding hydrogens is 240 g/mol. The van der Waals surface area contributed by atoms with Gasteiger partial charge in [-0.15, -0.1) is 0 Å². The van der Waals surface area contributed by atoms with Gasteiger partial charge in [0.05, 0.1) is 7.11 Å². The Labute approximate surface area is 116 Å². The highest BCUT2D eigenvalue weighted by Crippen LogP contribution is 2.44. The lowest BCUT2D eigenvalue weighted by Gasteiger charge is -2.45. The van der Waals surface area contributed by atoms with E-state index >= 15 is 0 Å². The van der Waals surface area contributed by atoms with Crippen molar-refractivity contribution in [3.05, 3.63) is 0 Å². The monoisotopic (exact) mass is 268 g/mol. The minimum absolute atomic E-state index is 0.314. The minimum Gasteiger partial charge on any atom is -0.468 e. The zero-order chi connectivity index (χ0) is 13.9. The molecule has 1 atom stereocenters. The molecule has 1 spiro atoms. The first kappa shape index (κ1) is 14.8. The Balaban J connectivity index is 1.84. The molecule has 1 unspecified atom stereocenters. The van der Waals surface area contributed by atoms with E-state index in [1.807, 2.05) is 0 Å². The second kappa shape index (κ2) is 5.80. The van der Waals surface area contributed by atoms with Crippen molar-refractivity contribution >= 4 is 5.97 Å². The Hall–Kier alpha value is -0.610. The van der Waals surface area contributed by atoms with E-state index in [0.29, 0.717) is 12.0 Å². The lowest BCUT2D eigenvalue weighted by molar-refractivity contribution is -0.147. The van der Waals surface area contributed by atoms with Crippen LogP contribution in [0.25, 0.3) is 0 Å². The van der Waals surface area contributed by atoms with Gasteiger partial charge in [-0.3, -0.25) is 4.79 Å². The highest BCUT2D eigenvalue weighted by Gasteiger charge is 2.38. The second-order valence-electron chi connectivity index (χ2n) is 6.75. The summed E-state index contributed by atoms with van der Waals surface area (Å²) in [5.41, 5.74) is 5.77. The van der Waals surface area contributed by atoms with Gasteiger partial charge in [0, 0.05) is 6.54 Å². The molecule has 1 saturated heterocycles. The summed E-state index contributed by atoms with van der Waals surface area (Å²) >= 11 is 0. The number of nitrogens with zero attached hydrogens (tertiary/aromatic N) is 1. The average molecular weight is 268 g/mol. The van der Waals surface area contributed by atoms with E-state index in [9.17, 15) is 4.79 Å². The van der Waals surface area contributed by atoms with Gasteiger partial charge in [-0.2, -0.15) is 0 Å². The number of rotatable bonds is 3. The van der Waals surface area contributed by atoms with Gasteiger partial charge in [-0.1, -0.05) is 19.3 Å². The molecule has 0 bridgehead atoms. The van der Waals surface area contributed by atoms with Crippen LogP contribution in [-0.2, 0) is 9.53 Å². The van der Waals surface area contributed by atoms with Gasteiger partial charge < -0.3 is 15.4 Å². The SMILES string of the molecule is COC(=O)C(C)(N)CN1CCC2(CCCCC2)CC1. The van der Waals surface area contributed by atoms with Crippen molar-refractivity contribution in [2.45, 2.75) is 57.4 Å². The first-order valence-corrected chi connectivity index (χ1v) is 7.57. The molecule has 19 heavy (non-hydrogen) atoms. The van der Waals surface area contributed by atoms with E-state index in [0.717, 1.165) is 13.1 Å². The molecule has 1 heterocycles. The molecule has 4 heteroatoms. The van der Waals surface area contributed by atoms with Crippen molar-refractivity contribution in [2.75, 3.05) is 26.7 Å². The smallest absolute Gasteiger partial charge is 0.326 e.